The third-order valence-corrected chi connectivity index (χ3v) is 4.43. The topological polar surface area (TPSA) is 106 Å². The number of rotatable bonds is 8. The minimum atomic E-state index is -0.498. The maximum absolute atomic E-state index is 12.3. The molecule has 150 valence electrons. The van der Waals surface area contributed by atoms with E-state index >= 15 is 0 Å². The van der Waals surface area contributed by atoms with Crippen molar-refractivity contribution in [2.75, 3.05) is 11.9 Å². The van der Waals surface area contributed by atoms with Gasteiger partial charge in [-0.25, -0.2) is 4.68 Å². The molecule has 0 fully saturated rings. The fourth-order valence-electron chi connectivity index (χ4n) is 2.84. The lowest BCUT2D eigenvalue weighted by Gasteiger charge is -2.08. The molecule has 0 bridgehead atoms. The van der Waals surface area contributed by atoms with Gasteiger partial charge in [-0.05, 0) is 42.7 Å². The average molecular weight is 393 g/mol. The smallest absolute Gasteiger partial charge is 0.278 e. The second kappa shape index (κ2) is 9.59. The molecule has 2 amide bonds. The number of anilines is 1. The molecule has 8 heteroatoms. The van der Waals surface area contributed by atoms with Crippen molar-refractivity contribution in [1.82, 2.24) is 20.3 Å². The number of unbranched alkanes of at least 4 members (excludes halogenated alkanes) is 1. The highest BCUT2D eigenvalue weighted by Crippen LogP contribution is 2.11. The SMILES string of the molecule is CCCCc1ccc(NC(=O)CNC(=O)Cn2nnc3ccccc3c2=O)cc1. The van der Waals surface area contributed by atoms with Crippen molar-refractivity contribution in [3.05, 3.63) is 64.4 Å². The van der Waals surface area contributed by atoms with Crippen LogP contribution in [0, 0.1) is 0 Å². The lowest BCUT2D eigenvalue weighted by molar-refractivity contribution is -0.124. The van der Waals surface area contributed by atoms with E-state index in [9.17, 15) is 14.4 Å². The molecule has 0 unspecified atom stereocenters. The standard InChI is InChI=1S/C21H23N5O3/c1-2-3-6-15-9-11-16(12-10-15)23-19(27)13-22-20(28)14-26-21(29)17-7-4-5-8-18(17)24-25-26/h4-5,7-12H,2-3,6,13-14H2,1H3,(H,22,28)(H,23,27). The highest BCUT2D eigenvalue weighted by molar-refractivity contribution is 5.94. The van der Waals surface area contributed by atoms with Gasteiger partial charge in [-0.1, -0.05) is 42.8 Å². The number of aromatic nitrogens is 3. The van der Waals surface area contributed by atoms with E-state index in [0.29, 0.717) is 16.6 Å². The van der Waals surface area contributed by atoms with E-state index in [1.54, 1.807) is 24.3 Å². The molecule has 0 aliphatic carbocycles. The molecule has 29 heavy (non-hydrogen) atoms. The Hall–Kier alpha value is -3.55. The van der Waals surface area contributed by atoms with Crippen LogP contribution in [0.25, 0.3) is 10.9 Å². The minimum absolute atomic E-state index is 0.202. The summed E-state index contributed by atoms with van der Waals surface area (Å²) in [6, 6.07) is 14.4. The highest BCUT2D eigenvalue weighted by Gasteiger charge is 2.11. The number of hydrogen-bond donors (Lipinski definition) is 2. The van der Waals surface area contributed by atoms with Crippen molar-refractivity contribution < 1.29 is 9.59 Å². The van der Waals surface area contributed by atoms with Gasteiger partial charge in [0.2, 0.25) is 11.8 Å². The van der Waals surface area contributed by atoms with Crippen LogP contribution in [0.5, 0.6) is 0 Å². The third kappa shape index (κ3) is 5.47. The summed E-state index contributed by atoms with van der Waals surface area (Å²) >= 11 is 0. The van der Waals surface area contributed by atoms with Gasteiger partial charge < -0.3 is 10.6 Å². The van der Waals surface area contributed by atoms with Gasteiger partial charge in [0.25, 0.3) is 5.56 Å². The molecule has 2 N–H and O–H groups in total. The number of carbonyl (C=O) groups excluding carboxylic acids is 2. The lowest BCUT2D eigenvalue weighted by Crippen LogP contribution is -2.38. The summed E-state index contributed by atoms with van der Waals surface area (Å²) in [6.07, 6.45) is 3.27. The summed E-state index contributed by atoms with van der Waals surface area (Å²) < 4.78 is 0.977. The fourth-order valence-corrected chi connectivity index (χ4v) is 2.84. The van der Waals surface area contributed by atoms with Gasteiger partial charge in [-0.2, -0.15) is 0 Å². The summed E-state index contributed by atoms with van der Waals surface area (Å²) in [5.41, 5.74) is 1.95. The number of fused-ring (bicyclic) bond motifs is 1. The van der Waals surface area contributed by atoms with Crippen molar-refractivity contribution in [3.63, 3.8) is 0 Å². The second-order valence-corrected chi connectivity index (χ2v) is 6.69. The molecular weight excluding hydrogens is 370 g/mol. The first-order valence-corrected chi connectivity index (χ1v) is 9.55. The van der Waals surface area contributed by atoms with Crippen LogP contribution >= 0.6 is 0 Å². The van der Waals surface area contributed by atoms with E-state index in [-0.39, 0.29) is 19.0 Å². The van der Waals surface area contributed by atoms with Crippen LogP contribution in [0.15, 0.2) is 53.3 Å². The number of hydrogen-bond acceptors (Lipinski definition) is 5. The van der Waals surface area contributed by atoms with Gasteiger partial charge >= 0.3 is 0 Å². The normalized spacial score (nSPS) is 10.7. The molecule has 3 aromatic rings. The van der Waals surface area contributed by atoms with Crippen LogP contribution in [0.1, 0.15) is 25.3 Å². The van der Waals surface area contributed by atoms with Gasteiger partial charge in [0, 0.05) is 5.69 Å². The molecular formula is C21H23N5O3. The number of nitrogens with zero attached hydrogens (tertiary/aromatic N) is 3. The Morgan fingerprint density at radius 3 is 2.55 bits per heavy atom. The first-order valence-electron chi connectivity index (χ1n) is 9.55. The van der Waals surface area contributed by atoms with Crippen molar-refractivity contribution in [2.45, 2.75) is 32.7 Å². The average Bonchev–Trinajstić information content (AvgIpc) is 2.74. The molecule has 0 aliphatic rings. The van der Waals surface area contributed by atoms with E-state index in [1.807, 2.05) is 24.3 Å². The van der Waals surface area contributed by atoms with E-state index < -0.39 is 11.5 Å². The van der Waals surface area contributed by atoms with Gasteiger partial charge in [-0.3, -0.25) is 14.4 Å². The van der Waals surface area contributed by atoms with Gasteiger partial charge in [-0.15, -0.1) is 5.10 Å². The van der Waals surface area contributed by atoms with Crippen molar-refractivity contribution in [2.24, 2.45) is 0 Å². The summed E-state index contributed by atoms with van der Waals surface area (Å²) in [6.45, 7) is 1.63. The van der Waals surface area contributed by atoms with Gasteiger partial charge in [0.1, 0.15) is 12.1 Å². The lowest BCUT2D eigenvalue weighted by atomic mass is 10.1. The highest BCUT2D eigenvalue weighted by atomic mass is 16.2. The largest absolute Gasteiger partial charge is 0.345 e. The van der Waals surface area contributed by atoms with Crippen molar-refractivity contribution in [3.8, 4) is 0 Å². The Bertz CT molecular complexity index is 1060. The quantitative estimate of drug-likeness (QED) is 0.608. The molecule has 0 radical (unpaired) electrons. The van der Waals surface area contributed by atoms with E-state index in [1.165, 1.54) is 5.56 Å². The molecule has 0 saturated heterocycles. The number of aryl methyl sites for hydroxylation is 1. The minimum Gasteiger partial charge on any atom is -0.345 e. The van der Waals surface area contributed by atoms with Crippen molar-refractivity contribution in [1.29, 1.82) is 0 Å². The zero-order valence-electron chi connectivity index (χ0n) is 16.2. The van der Waals surface area contributed by atoms with Crippen LogP contribution in [0.4, 0.5) is 5.69 Å². The third-order valence-electron chi connectivity index (χ3n) is 4.43. The Morgan fingerprint density at radius 1 is 1.03 bits per heavy atom. The van der Waals surface area contributed by atoms with E-state index in [0.717, 1.165) is 23.9 Å². The Labute approximate surface area is 167 Å². The maximum atomic E-state index is 12.3. The molecule has 0 spiro atoms. The van der Waals surface area contributed by atoms with Crippen LogP contribution < -0.4 is 16.2 Å². The summed E-state index contributed by atoms with van der Waals surface area (Å²) in [4.78, 5) is 36.5. The summed E-state index contributed by atoms with van der Waals surface area (Å²) in [5, 5.41) is 13.3. The van der Waals surface area contributed by atoms with Gasteiger partial charge in [0.15, 0.2) is 0 Å². The van der Waals surface area contributed by atoms with Crippen LogP contribution in [0.3, 0.4) is 0 Å². The summed E-state index contributed by atoms with van der Waals surface area (Å²) in [5.74, 6) is -0.849. The van der Waals surface area contributed by atoms with Crippen molar-refractivity contribution >= 4 is 28.4 Å². The predicted octanol–water partition coefficient (Wildman–Crippen LogP) is 1.89. The van der Waals surface area contributed by atoms with E-state index in [4.69, 9.17) is 0 Å². The molecule has 2 aromatic carbocycles. The second-order valence-electron chi connectivity index (χ2n) is 6.69. The monoisotopic (exact) mass is 393 g/mol. The zero-order valence-corrected chi connectivity index (χ0v) is 16.2. The first kappa shape index (κ1) is 20.2. The van der Waals surface area contributed by atoms with E-state index in [2.05, 4.69) is 27.9 Å². The Morgan fingerprint density at radius 2 is 1.79 bits per heavy atom. The molecule has 0 saturated carbocycles. The Kier molecular flexibility index (Phi) is 6.67. The molecule has 8 nitrogen and oxygen atoms in total. The van der Waals surface area contributed by atoms with Gasteiger partial charge in [0.05, 0.1) is 11.9 Å². The number of amides is 2. The predicted molar refractivity (Wildman–Crippen MR) is 110 cm³/mol. The molecule has 1 heterocycles. The first-order chi connectivity index (χ1) is 14.1. The van der Waals surface area contributed by atoms with Crippen LogP contribution in [-0.2, 0) is 22.6 Å². The molecule has 0 atom stereocenters. The number of nitrogens with one attached hydrogen (secondary N) is 2. The summed E-state index contributed by atoms with van der Waals surface area (Å²) in [7, 11) is 0. The van der Waals surface area contributed by atoms with Crippen LogP contribution in [-0.4, -0.2) is 33.4 Å². The van der Waals surface area contributed by atoms with Crippen LogP contribution in [0.2, 0.25) is 0 Å². The zero-order chi connectivity index (χ0) is 20.6. The maximum Gasteiger partial charge on any atom is 0.278 e. The molecule has 3 rings (SSSR count). The molecule has 0 aliphatic heterocycles. The number of carbonyl (C=O) groups is 2. The fraction of sp³-hybridized carbons (Fsp3) is 0.286. The Balaban J connectivity index is 1.51. The molecule has 1 aromatic heterocycles. The number of benzene rings is 2.